The molecule has 0 amide bonds. The zero-order valence-corrected chi connectivity index (χ0v) is 10.1. The van der Waals surface area contributed by atoms with E-state index in [1.54, 1.807) is 0 Å². The van der Waals surface area contributed by atoms with Crippen molar-refractivity contribution in [1.29, 1.82) is 0 Å². The van der Waals surface area contributed by atoms with Gasteiger partial charge in [0.25, 0.3) is 0 Å². The topological polar surface area (TPSA) is 35.0 Å². The third-order valence-corrected chi connectivity index (χ3v) is 2.79. The Balaban J connectivity index is 2.35. The molecule has 0 aliphatic heterocycles. The number of hydrogen-bond donors (Lipinski definition) is 0. The molecule has 2 aromatic rings. The van der Waals surface area contributed by atoms with Crippen molar-refractivity contribution in [3.8, 4) is 5.88 Å². The standard InChI is InChI=1S/C10H11ClN2OS/c1-6(2)5-14-8-7-3-4-15-9(7)13-10(11)12-8/h3-4,6H,5H2,1-2H3. The lowest BCUT2D eigenvalue weighted by molar-refractivity contribution is 0.264. The molecule has 0 fully saturated rings. The zero-order chi connectivity index (χ0) is 10.8. The number of hydrogen-bond acceptors (Lipinski definition) is 4. The average Bonchev–Trinajstić information content (AvgIpc) is 2.61. The molecule has 0 unspecified atom stereocenters. The molecule has 0 saturated carbocycles. The predicted octanol–water partition coefficient (Wildman–Crippen LogP) is 3.38. The van der Waals surface area contributed by atoms with Crippen LogP contribution in [0.25, 0.3) is 10.2 Å². The molecule has 0 aliphatic rings. The Morgan fingerprint density at radius 1 is 1.47 bits per heavy atom. The molecule has 0 aliphatic carbocycles. The number of aromatic nitrogens is 2. The average molecular weight is 243 g/mol. The summed E-state index contributed by atoms with van der Waals surface area (Å²) in [6, 6.07) is 1.95. The van der Waals surface area contributed by atoms with Crippen molar-refractivity contribution in [3.63, 3.8) is 0 Å². The maximum absolute atomic E-state index is 5.80. The van der Waals surface area contributed by atoms with E-state index in [1.165, 1.54) is 11.3 Å². The SMILES string of the molecule is CC(C)COc1nc(Cl)nc2sccc12. The van der Waals surface area contributed by atoms with Gasteiger partial charge in [-0.15, -0.1) is 11.3 Å². The number of rotatable bonds is 3. The highest BCUT2D eigenvalue weighted by Gasteiger charge is 2.09. The fraction of sp³-hybridized carbons (Fsp3) is 0.400. The Bertz CT molecular complexity index is 469. The van der Waals surface area contributed by atoms with Crippen molar-refractivity contribution in [3.05, 3.63) is 16.7 Å². The molecule has 2 rings (SSSR count). The van der Waals surface area contributed by atoms with Gasteiger partial charge in [-0.25, -0.2) is 4.98 Å². The van der Waals surface area contributed by atoms with Crippen LogP contribution in [0.4, 0.5) is 0 Å². The summed E-state index contributed by atoms with van der Waals surface area (Å²) >= 11 is 7.33. The molecule has 0 atom stereocenters. The van der Waals surface area contributed by atoms with Crippen LogP contribution in [0.15, 0.2) is 11.4 Å². The van der Waals surface area contributed by atoms with Gasteiger partial charge >= 0.3 is 0 Å². The Labute approximate surface area is 97.1 Å². The second kappa shape index (κ2) is 4.33. The number of thiophene rings is 1. The third-order valence-electron chi connectivity index (χ3n) is 1.82. The van der Waals surface area contributed by atoms with Gasteiger partial charge in [0.2, 0.25) is 11.2 Å². The third kappa shape index (κ3) is 2.38. The normalized spacial score (nSPS) is 11.2. The first-order chi connectivity index (χ1) is 7.16. The van der Waals surface area contributed by atoms with Crippen LogP contribution in [0.1, 0.15) is 13.8 Å². The molecule has 0 saturated heterocycles. The molecule has 5 heteroatoms. The lowest BCUT2D eigenvalue weighted by Gasteiger charge is -2.08. The quantitative estimate of drug-likeness (QED) is 0.774. The van der Waals surface area contributed by atoms with E-state index in [1.807, 2.05) is 11.4 Å². The molecule has 2 aromatic heterocycles. The number of halogens is 1. The largest absolute Gasteiger partial charge is 0.477 e. The Morgan fingerprint density at radius 2 is 2.27 bits per heavy atom. The van der Waals surface area contributed by atoms with Gasteiger partial charge in [0.1, 0.15) is 4.83 Å². The van der Waals surface area contributed by atoms with Crippen LogP contribution >= 0.6 is 22.9 Å². The van der Waals surface area contributed by atoms with Crippen molar-refractivity contribution < 1.29 is 4.74 Å². The summed E-state index contributed by atoms with van der Waals surface area (Å²) < 4.78 is 5.59. The fourth-order valence-electron chi connectivity index (χ4n) is 1.16. The highest BCUT2D eigenvalue weighted by Crippen LogP contribution is 2.28. The summed E-state index contributed by atoms with van der Waals surface area (Å²) in [5, 5.41) is 3.13. The van der Waals surface area contributed by atoms with Gasteiger partial charge in [0.15, 0.2) is 0 Å². The highest BCUT2D eigenvalue weighted by molar-refractivity contribution is 7.16. The zero-order valence-electron chi connectivity index (χ0n) is 8.53. The first-order valence-electron chi connectivity index (χ1n) is 4.70. The molecule has 3 nitrogen and oxygen atoms in total. The van der Waals surface area contributed by atoms with E-state index < -0.39 is 0 Å². The van der Waals surface area contributed by atoms with E-state index in [0.717, 1.165) is 10.2 Å². The first kappa shape index (κ1) is 10.6. The Kier molecular flexibility index (Phi) is 3.07. The lowest BCUT2D eigenvalue weighted by Crippen LogP contribution is -2.06. The molecule has 0 bridgehead atoms. The van der Waals surface area contributed by atoms with Crippen LogP contribution < -0.4 is 4.74 Å². The van der Waals surface area contributed by atoms with E-state index in [4.69, 9.17) is 16.3 Å². The smallest absolute Gasteiger partial charge is 0.227 e. The number of nitrogens with zero attached hydrogens (tertiary/aromatic N) is 2. The van der Waals surface area contributed by atoms with Crippen LogP contribution in [0, 0.1) is 5.92 Å². The van der Waals surface area contributed by atoms with E-state index >= 15 is 0 Å². The molecule has 80 valence electrons. The van der Waals surface area contributed by atoms with Crippen molar-refractivity contribution in [2.24, 2.45) is 5.92 Å². The summed E-state index contributed by atoms with van der Waals surface area (Å²) in [7, 11) is 0. The van der Waals surface area contributed by atoms with Gasteiger partial charge < -0.3 is 4.74 Å². The van der Waals surface area contributed by atoms with E-state index in [2.05, 4.69) is 23.8 Å². The Hall–Kier alpha value is -0.870. The maximum Gasteiger partial charge on any atom is 0.227 e. The molecule has 15 heavy (non-hydrogen) atoms. The monoisotopic (exact) mass is 242 g/mol. The summed E-state index contributed by atoms with van der Waals surface area (Å²) in [6.07, 6.45) is 0. The van der Waals surface area contributed by atoms with Gasteiger partial charge in [-0.3, -0.25) is 0 Å². The molecule has 0 spiro atoms. The maximum atomic E-state index is 5.80. The van der Waals surface area contributed by atoms with Crippen molar-refractivity contribution in [2.45, 2.75) is 13.8 Å². The van der Waals surface area contributed by atoms with Gasteiger partial charge in [0, 0.05) is 0 Å². The van der Waals surface area contributed by atoms with Crippen molar-refractivity contribution in [1.82, 2.24) is 9.97 Å². The summed E-state index contributed by atoms with van der Waals surface area (Å²) in [5.74, 6) is 1.05. The van der Waals surface area contributed by atoms with E-state index in [9.17, 15) is 0 Å². The summed E-state index contributed by atoms with van der Waals surface area (Å²) in [6.45, 7) is 4.82. The highest BCUT2D eigenvalue weighted by atomic mass is 35.5. The van der Waals surface area contributed by atoms with Crippen molar-refractivity contribution in [2.75, 3.05) is 6.61 Å². The van der Waals surface area contributed by atoms with Crippen LogP contribution in [0.3, 0.4) is 0 Å². The van der Waals surface area contributed by atoms with Crippen molar-refractivity contribution >= 4 is 33.2 Å². The van der Waals surface area contributed by atoms with Gasteiger partial charge in [0.05, 0.1) is 12.0 Å². The molecule has 0 aromatic carbocycles. The minimum Gasteiger partial charge on any atom is -0.477 e. The minimum atomic E-state index is 0.240. The Morgan fingerprint density at radius 3 is 3.00 bits per heavy atom. The van der Waals surface area contributed by atoms with Crippen LogP contribution in [-0.2, 0) is 0 Å². The second-order valence-corrected chi connectivity index (χ2v) is 4.87. The predicted molar refractivity (Wildman–Crippen MR) is 62.8 cm³/mol. The fourth-order valence-corrected chi connectivity index (χ4v) is 2.12. The summed E-state index contributed by atoms with van der Waals surface area (Å²) in [4.78, 5) is 9.07. The van der Waals surface area contributed by atoms with Gasteiger partial charge in [-0.1, -0.05) is 13.8 Å². The van der Waals surface area contributed by atoms with Gasteiger partial charge in [-0.2, -0.15) is 4.98 Å². The molecular formula is C10H11ClN2OS. The lowest BCUT2D eigenvalue weighted by atomic mass is 10.2. The molecule has 0 N–H and O–H groups in total. The molecule has 2 heterocycles. The number of fused-ring (bicyclic) bond motifs is 1. The summed E-state index contributed by atoms with van der Waals surface area (Å²) in [5.41, 5.74) is 0. The van der Waals surface area contributed by atoms with E-state index in [0.29, 0.717) is 18.4 Å². The second-order valence-electron chi connectivity index (χ2n) is 3.64. The minimum absolute atomic E-state index is 0.240. The van der Waals surface area contributed by atoms with Crippen LogP contribution in [0.2, 0.25) is 5.28 Å². The molecular weight excluding hydrogens is 232 g/mol. The van der Waals surface area contributed by atoms with Crippen LogP contribution in [-0.4, -0.2) is 16.6 Å². The first-order valence-corrected chi connectivity index (χ1v) is 5.96. The number of ether oxygens (including phenoxy) is 1. The van der Waals surface area contributed by atoms with Crippen LogP contribution in [0.5, 0.6) is 5.88 Å². The van der Waals surface area contributed by atoms with Gasteiger partial charge in [-0.05, 0) is 29.0 Å². The molecule has 0 radical (unpaired) electrons. The van der Waals surface area contributed by atoms with E-state index in [-0.39, 0.29) is 5.28 Å².